The number of ether oxygens (including phenoxy) is 1. The Morgan fingerprint density at radius 3 is 2.68 bits per heavy atom. The second kappa shape index (κ2) is 6.68. The summed E-state index contributed by atoms with van der Waals surface area (Å²) in [6.45, 7) is 2.82. The van der Waals surface area contributed by atoms with Crippen LogP contribution in [0.4, 0.5) is 0 Å². The van der Waals surface area contributed by atoms with Crippen molar-refractivity contribution in [2.24, 2.45) is 0 Å². The van der Waals surface area contributed by atoms with Gasteiger partial charge in [-0.2, -0.15) is 0 Å². The molecule has 19 heavy (non-hydrogen) atoms. The molecule has 0 aromatic carbocycles. The van der Waals surface area contributed by atoms with E-state index in [1.54, 1.807) is 0 Å². The van der Waals surface area contributed by atoms with Gasteiger partial charge in [0.05, 0.1) is 6.61 Å². The summed E-state index contributed by atoms with van der Waals surface area (Å²) in [5.74, 6) is 0.0269. The summed E-state index contributed by atoms with van der Waals surface area (Å²) in [4.78, 5) is 14.4. The lowest BCUT2D eigenvalue weighted by Gasteiger charge is -2.43. The zero-order valence-electron chi connectivity index (χ0n) is 12.2. The molecule has 1 saturated heterocycles. The Labute approximate surface area is 116 Å². The standard InChI is InChI=1S/C14H27N3O2/c1-17(2)14(6-4-3-5-7-14)11-16-13(18)12-10-15-8-9-19-12/h12,15H,3-11H2,1-2H3,(H,16,18)/t12-/m0/s1. The van der Waals surface area contributed by atoms with Crippen molar-refractivity contribution in [3.8, 4) is 0 Å². The van der Waals surface area contributed by atoms with Gasteiger partial charge in [-0.15, -0.1) is 0 Å². The number of likely N-dealkylation sites (N-methyl/N-ethyl adjacent to an activating group) is 1. The number of hydrogen-bond acceptors (Lipinski definition) is 4. The van der Waals surface area contributed by atoms with Gasteiger partial charge in [0.25, 0.3) is 5.91 Å². The Balaban J connectivity index is 1.86. The Kier molecular flexibility index (Phi) is 5.19. The van der Waals surface area contributed by atoms with Gasteiger partial charge in [0, 0.05) is 25.2 Å². The first-order valence-electron chi connectivity index (χ1n) is 7.41. The number of amides is 1. The van der Waals surface area contributed by atoms with E-state index in [0.29, 0.717) is 13.2 Å². The van der Waals surface area contributed by atoms with Gasteiger partial charge in [-0.05, 0) is 26.9 Å². The second-order valence-electron chi connectivity index (χ2n) is 5.96. The van der Waals surface area contributed by atoms with Crippen molar-refractivity contribution in [3.63, 3.8) is 0 Å². The van der Waals surface area contributed by atoms with Crippen LogP contribution in [0.15, 0.2) is 0 Å². The third-order valence-electron chi connectivity index (χ3n) is 4.54. The Hall–Kier alpha value is -0.650. The first-order valence-corrected chi connectivity index (χ1v) is 7.41. The van der Waals surface area contributed by atoms with Gasteiger partial charge < -0.3 is 20.3 Å². The fourth-order valence-corrected chi connectivity index (χ4v) is 3.09. The lowest BCUT2D eigenvalue weighted by molar-refractivity contribution is -0.135. The minimum atomic E-state index is -0.323. The largest absolute Gasteiger partial charge is 0.366 e. The molecule has 0 aromatic rings. The summed E-state index contributed by atoms with van der Waals surface area (Å²) in [7, 11) is 4.24. The summed E-state index contributed by atoms with van der Waals surface area (Å²) in [5, 5.41) is 6.29. The maximum absolute atomic E-state index is 12.1. The van der Waals surface area contributed by atoms with E-state index in [1.807, 2.05) is 0 Å². The molecule has 1 aliphatic carbocycles. The molecule has 1 amide bonds. The predicted molar refractivity (Wildman–Crippen MR) is 75.1 cm³/mol. The number of hydrogen-bond donors (Lipinski definition) is 2. The molecule has 1 saturated carbocycles. The minimum absolute atomic E-state index is 0.0269. The van der Waals surface area contributed by atoms with Crippen LogP contribution >= 0.6 is 0 Å². The molecule has 0 aromatic heterocycles. The Morgan fingerprint density at radius 1 is 1.37 bits per heavy atom. The van der Waals surface area contributed by atoms with Crippen molar-refractivity contribution < 1.29 is 9.53 Å². The van der Waals surface area contributed by atoms with Gasteiger partial charge >= 0.3 is 0 Å². The maximum Gasteiger partial charge on any atom is 0.250 e. The molecule has 5 nitrogen and oxygen atoms in total. The monoisotopic (exact) mass is 269 g/mol. The van der Waals surface area contributed by atoms with E-state index in [0.717, 1.165) is 13.1 Å². The van der Waals surface area contributed by atoms with Crippen LogP contribution in [0.2, 0.25) is 0 Å². The van der Waals surface area contributed by atoms with Crippen molar-refractivity contribution in [1.29, 1.82) is 0 Å². The summed E-state index contributed by atoms with van der Waals surface area (Å²) in [6, 6.07) is 0. The normalized spacial score (nSPS) is 27.2. The topological polar surface area (TPSA) is 53.6 Å². The molecular weight excluding hydrogens is 242 g/mol. The average Bonchev–Trinajstić information content (AvgIpc) is 2.46. The van der Waals surface area contributed by atoms with Gasteiger partial charge in [-0.3, -0.25) is 4.79 Å². The Bertz CT molecular complexity index is 295. The number of carbonyl (C=O) groups is 1. The molecule has 0 radical (unpaired) electrons. The first kappa shape index (κ1) is 14.8. The number of nitrogens with one attached hydrogen (secondary N) is 2. The summed E-state index contributed by atoms with van der Waals surface area (Å²) < 4.78 is 5.48. The average molecular weight is 269 g/mol. The van der Waals surface area contributed by atoms with Crippen molar-refractivity contribution in [1.82, 2.24) is 15.5 Å². The van der Waals surface area contributed by atoms with Gasteiger partial charge in [-0.1, -0.05) is 19.3 Å². The van der Waals surface area contributed by atoms with Gasteiger partial charge in [0.1, 0.15) is 6.10 Å². The highest BCUT2D eigenvalue weighted by Crippen LogP contribution is 2.31. The molecule has 2 aliphatic rings. The molecule has 1 aliphatic heterocycles. The van der Waals surface area contributed by atoms with Gasteiger partial charge in [-0.25, -0.2) is 0 Å². The number of morpholine rings is 1. The van der Waals surface area contributed by atoms with Crippen LogP contribution in [-0.4, -0.2) is 62.8 Å². The van der Waals surface area contributed by atoms with E-state index in [-0.39, 0.29) is 17.6 Å². The summed E-state index contributed by atoms with van der Waals surface area (Å²) >= 11 is 0. The molecular formula is C14H27N3O2. The smallest absolute Gasteiger partial charge is 0.250 e. The number of rotatable bonds is 4. The molecule has 0 spiro atoms. The second-order valence-corrected chi connectivity index (χ2v) is 5.96. The molecule has 1 atom stereocenters. The maximum atomic E-state index is 12.1. The van der Waals surface area contributed by atoms with E-state index in [1.165, 1.54) is 32.1 Å². The number of nitrogens with zero attached hydrogens (tertiary/aromatic N) is 1. The third-order valence-corrected chi connectivity index (χ3v) is 4.54. The predicted octanol–water partition coefficient (Wildman–Crippen LogP) is 0.356. The van der Waals surface area contributed by atoms with Crippen molar-refractivity contribution in [2.75, 3.05) is 40.3 Å². The van der Waals surface area contributed by atoms with Crippen LogP contribution in [0.3, 0.4) is 0 Å². The molecule has 2 fully saturated rings. The van der Waals surface area contributed by atoms with E-state index < -0.39 is 0 Å². The van der Waals surface area contributed by atoms with E-state index >= 15 is 0 Å². The summed E-state index contributed by atoms with van der Waals surface area (Å²) in [5.41, 5.74) is 0.135. The third kappa shape index (κ3) is 3.68. The van der Waals surface area contributed by atoms with Gasteiger partial charge in [0.15, 0.2) is 0 Å². The van der Waals surface area contributed by atoms with Crippen molar-refractivity contribution >= 4 is 5.91 Å². The van der Waals surface area contributed by atoms with E-state index in [9.17, 15) is 4.79 Å². The number of carbonyl (C=O) groups excluding carboxylic acids is 1. The summed E-state index contributed by atoms with van der Waals surface area (Å²) in [6.07, 6.45) is 5.86. The van der Waals surface area contributed by atoms with Crippen LogP contribution in [0, 0.1) is 0 Å². The fourth-order valence-electron chi connectivity index (χ4n) is 3.09. The lowest BCUT2D eigenvalue weighted by atomic mass is 9.80. The van der Waals surface area contributed by atoms with Crippen LogP contribution in [0.25, 0.3) is 0 Å². The van der Waals surface area contributed by atoms with Crippen LogP contribution in [0.1, 0.15) is 32.1 Å². The lowest BCUT2D eigenvalue weighted by Crippen LogP contribution is -2.56. The zero-order chi connectivity index (χ0) is 13.7. The van der Waals surface area contributed by atoms with E-state index in [4.69, 9.17) is 4.74 Å². The van der Waals surface area contributed by atoms with Crippen LogP contribution in [-0.2, 0) is 9.53 Å². The zero-order valence-corrected chi connectivity index (χ0v) is 12.2. The van der Waals surface area contributed by atoms with Crippen molar-refractivity contribution in [2.45, 2.75) is 43.7 Å². The molecule has 110 valence electrons. The van der Waals surface area contributed by atoms with Crippen molar-refractivity contribution in [3.05, 3.63) is 0 Å². The molecule has 1 heterocycles. The highest BCUT2D eigenvalue weighted by Gasteiger charge is 2.35. The molecule has 2 N–H and O–H groups in total. The van der Waals surface area contributed by atoms with Crippen LogP contribution in [0.5, 0.6) is 0 Å². The highest BCUT2D eigenvalue weighted by atomic mass is 16.5. The first-order chi connectivity index (χ1) is 9.14. The molecule has 0 bridgehead atoms. The highest BCUT2D eigenvalue weighted by molar-refractivity contribution is 5.81. The SMILES string of the molecule is CN(C)C1(CNC(=O)[C@@H]2CNCCO2)CCCCC1. The Morgan fingerprint density at radius 2 is 2.11 bits per heavy atom. The quantitative estimate of drug-likeness (QED) is 0.773. The minimum Gasteiger partial charge on any atom is -0.366 e. The van der Waals surface area contributed by atoms with Crippen LogP contribution < -0.4 is 10.6 Å². The molecule has 5 heteroatoms. The van der Waals surface area contributed by atoms with Gasteiger partial charge in [0.2, 0.25) is 0 Å². The fraction of sp³-hybridized carbons (Fsp3) is 0.929. The van der Waals surface area contributed by atoms with E-state index in [2.05, 4.69) is 29.6 Å². The molecule has 2 rings (SSSR count). The molecule has 0 unspecified atom stereocenters.